The molecule has 0 bridgehead atoms. The molecule has 3 nitrogen and oxygen atoms in total. The Bertz CT molecular complexity index is 547. The van der Waals surface area contributed by atoms with E-state index in [-0.39, 0.29) is 15.6 Å². The number of halogens is 2. The van der Waals surface area contributed by atoms with Crippen LogP contribution in [0, 0.1) is 0 Å². The minimum absolute atomic E-state index is 0.0824. The molecule has 1 aromatic heterocycles. The lowest BCUT2D eigenvalue weighted by Crippen LogP contribution is -1.99. The summed E-state index contributed by atoms with van der Waals surface area (Å²) in [6.45, 7) is 0. The average Bonchev–Trinajstić information content (AvgIpc) is 2.28. The first kappa shape index (κ1) is 11.9. The molecule has 0 saturated carbocycles. The largest absolute Gasteiger partial charge is 0.478 e. The summed E-state index contributed by atoms with van der Waals surface area (Å²) in [5.41, 5.74) is 1.48. The molecule has 0 saturated heterocycles. The molecule has 0 aliphatic rings. The lowest BCUT2D eigenvalue weighted by Gasteiger charge is -2.06. The van der Waals surface area contributed by atoms with Gasteiger partial charge in [0.15, 0.2) is 0 Å². The van der Waals surface area contributed by atoms with Crippen LogP contribution in [0.25, 0.3) is 11.1 Å². The highest BCUT2D eigenvalue weighted by atomic mass is 35.5. The Kier molecular flexibility index (Phi) is 3.31. The third-order valence-electron chi connectivity index (χ3n) is 2.25. The van der Waals surface area contributed by atoms with Crippen LogP contribution in [0.5, 0.6) is 0 Å². The van der Waals surface area contributed by atoms with Crippen LogP contribution in [-0.2, 0) is 0 Å². The first-order valence-electron chi connectivity index (χ1n) is 4.72. The molecule has 0 unspecified atom stereocenters. The molecular formula is C12H7Cl2NO2. The second kappa shape index (κ2) is 4.73. The molecule has 5 heteroatoms. The van der Waals surface area contributed by atoms with Crippen molar-refractivity contribution in [2.24, 2.45) is 0 Å². The Morgan fingerprint density at radius 1 is 1.18 bits per heavy atom. The second-order valence-corrected chi connectivity index (χ2v) is 4.18. The molecule has 0 radical (unpaired) electrons. The van der Waals surface area contributed by atoms with Crippen LogP contribution in [0.3, 0.4) is 0 Å². The summed E-state index contributed by atoms with van der Waals surface area (Å²) < 4.78 is 0. The molecule has 0 aliphatic heterocycles. The highest BCUT2D eigenvalue weighted by molar-refractivity contribution is 6.39. The fourth-order valence-corrected chi connectivity index (χ4v) is 2.13. The van der Waals surface area contributed by atoms with Gasteiger partial charge in [-0.05, 0) is 23.8 Å². The fraction of sp³-hybridized carbons (Fsp3) is 0. The maximum Gasteiger partial charge on any atom is 0.338 e. The number of carboxylic acid groups (broad SMARTS) is 1. The zero-order chi connectivity index (χ0) is 12.4. The van der Waals surface area contributed by atoms with E-state index in [4.69, 9.17) is 28.3 Å². The van der Waals surface area contributed by atoms with E-state index in [1.165, 1.54) is 0 Å². The Morgan fingerprint density at radius 2 is 1.82 bits per heavy atom. The number of pyridine rings is 1. The van der Waals surface area contributed by atoms with Crippen LogP contribution in [0.1, 0.15) is 10.4 Å². The molecular weight excluding hydrogens is 261 g/mol. The summed E-state index contributed by atoms with van der Waals surface area (Å²) in [5.74, 6) is -1.14. The van der Waals surface area contributed by atoms with E-state index in [9.17, 15) is 4.79 Å². The Labute approximate surface area is 108 Å². The smallest absolute Gasteiger partial charge is 0.338 e. The SMILES string of the molecule is O=C(O)c1c(Cl)cc(-c2cccnc2)cc1Cl. The van der Waals surface area contributed by atoms with Gasteiger partial charge < -0.3 is 5.11 Å². The highest BCUT2D eigenvalue weighted by Crippen LogP contribution is 2.31. The number of carboxylic acids is 1. The third-order valence-corrected chi connectivity index (χ3v) is 2.85. The molecule has 2 rings (SSSR count). The molecule has 2 aromatic rings. The van der Waals surface area contributed by atoms with Gasteiger partial charge in [-0.25, -0.2) is 4.79 Å². The number of hydrogen-bond donors (Lipinski definition) is 1. The third kappa shape index (κ3) is 2.40. The van der Waals surface area contributed by atoms with Crippen LogP contribution in [0.2, 0.25) is 10.0 Å². The minimum Gasteiger partial charge on any atom is -0.478 e. The number of hydrogen-bond acceptors (Lipinski definition) is 2. The zero-order valence-electron chi connectivity index (χ0n) is 8.52. The molecule has 0 fully saturated rings. The number of aromatic carboxylic acids is 1. The summed E-state index contributed by atoms with van der Waals surface area (Å²) in [6, 6.07) is 6.75. The van der Waals surface area contributed by atoms with Crippen LogP contribution >= 0.6 is 23.2 Å². The average molecular weight is 268 g/mol. The van der Waals surface area contributed by atoms with E-state index in [0.717, 1.165) is 11.1 Å². The van der Waals surface area contributed by atoms with Gasteiger partial charge in [-0.3, -0.25) is 4.98 Å². The molecule has 0 atom stereocenters. The number of carbonyl (C=O) groups is 1. The second-order valence-electron chi connectivity index (χ2n) is 3.36. The standard InChI is InChI=1S/C12H7Cl2NO2/c13-9-4-8(7-2-1-3-15-6-7)5-10(14)11(9)12(16)17/h1-6H,(H,16,17). The van der Waals surface area contributed by atoms with Crippen LogP contribution < -0.4 is 0 Å². The monoisotopic (exact) mass is 267 g/mol. The van der Waals surface area contributed by atoms with Crippen molar-refractivity contribution in [3.63, 3.8) is 0 Å². The van der Waals surface area contributed by atoms with E-state index in [2.05, 4.69) is 4.98 Å². The van der Waals surface area contributed by atoms with Gasteiger partial charge in [0.2, 0.25) is 0 Å². The molecule has 17 heavy (non-hydrogen) atoms. The zero-order valence-corrected chi connectivity index (χ0v) is 10.0. The van der Waals surface area contributed by atoms with E-state index in [1.54, 1.807) is 30.6 Å². The van der Waals surface area contributed by atoms with Crippen molar-refractivity contribution in [1.29, 1.82) is 0 Å². The van der Waals surface area contributed by atoms with Gasteiger partial charge >= 0.3 is 5.97 Å². The van der Waals surface area contributed by atoms with Crippen molar-refractivity contribution in [3.8, 4) is 11.1 Å². The first-order valence-corrected chi connectivity index (χ1v) is 5.48. The predicted octanol–water partition coefficient (Wildman–Crippen LogP) is 3.75. The molecule has 1 N–H and O–H groups in total. The molecule has 1 aromatic carbocycles. The van der Waals surface area contributed by atoms with Gasteiger partial charge in [-0.2, -0.15) is 0 Å². The predicted molar refractivity (Wildman–Crippen MR) is 66.7 cm³/mol. The maximum absolute atomic E-state index is 10.9. The molecule has 1 heterocycles. The van der Waals surface area contributed by atoms with Gasteiger partial charge in [0.25, 0.3) is 0 Å². The lowest BCUT2D eigenvalue weighted by molar-refractivity contribution is 0.0697. The van der Waals surface area contributed by atoms with Crippen molar-refractivity contribution in [1.82, 2.24) is 4.98 Å². The molecule has 0 spiro atoms. The van der Waals surface area contributed by atoms with Crippen LogP contribution in [0.4, 0.5) is 0 Å². The van der Waals surface area contributed by atoms with Crippen LogP contribution in [0.15, 0.2) is 36.7 Å². The summed E-state index contributed by atoms with van der Waals surface area (Å²) in [5, 5.41) is 9.16. The summed E-state index contributed by atoms with van der Waals surface area (Å²) >= 11 is 11.8. The van der Waals surface area contributed by atoms with E-state index < -0.39 is 5.97 Å². The molecule has 0 amide bonds. The Morgan fingerprint density at radius 3 is 2.29 bits per heavy atom. The maximum atomic E-state index is 10.9. The number of nitrogens with zero attached hydrogens (tertiary/aromatic N) is 1. The van der Waals surface area contributed by atoms with Gasteiger partial charge in [-0.1, -0.05) is 29.3 Å². The number of aromatic nitrogens is 1. The van der Waals surface area contributed by atoms with Crippen LogP contribution in [-0.4, -0.2) is 16.1 Å². The topological polar surface area (TPSA) is 50.2 Å². The molecule has 86 valence electrons. The van der Waals surface area contributed by atoms with Gasteiger partial charge in [0.05, 0.1) is 15.6 Å². The van der Waals surface area contributed by atoms with Crippen molar-refractivity contribution in [2.75, 3.05) is 0 Å². The summed E-state index contributed by atoms with van der Waals surface area (Å²) in [7, 11) is 0. The number of rotatable bonds is 2. The highest BCUT2D eigenvalue weighted by Gasteiger charge is 2.15. The van der Waals surface area contributed by atoms with Crippen molar-refractivity contribution >= 4 is 29.2 Å². The minimum atomic E-state index is -1.14. The van der Waals surface area contributed by atoms with E-state index in [1.807, 2.05) is 6.07 Å². The lowest BCUT2D eigenvalue weighted by atomic mass is 10.1. The van der Waals surface area contributed by atoms with Crippen molar-refractivity contribution < 1.29 is 9.90 Å². The Hall–Kier alpha value is -1.58. The number of benzene rings is 1. The summed E-state index contributed by atoms with van der Waals surface area (Å²) in [4.78, 5) is 14.9. The Balaban J connectivity index is 2.57. The van der Waals surface area contributed by atoms with Gasteiger partial charge in [0, 0.05) is 18.0 Å². The fourth-order valence-electron chi connectivity index (χ4n) is 1.48. The van der Waals surface area contributed by atoms with Gasteiger partial charge in [-0.15, -0.1) is 0 Å². The normalized spacial score (nSPS) is 10.2. The van der Waals surface area contributed by atoms with Crippen molar-refractivity contribution in [3.05, 3.63) is 52.3 Å². The molecule has 0 aliphatic carbocycles. The van der Waals surface area contributed by atoms with E-state index >= 15 is 0 Å². The van der Waals surface area contributed by atoms with Gasteiger partial charge in [0.1, 0.15) is 0 Å². The quantitative estimate of drug-likeness (QED) is 0.902. The van der Waals surface area contributed by atoms with Crippen molar-refractivity contribution in [2.45, 2.75) is 0 Å². The summed E-state index contributed by atoms with van der Waals surface area (Å²) in [6.07, 6.45) is 3.31. The first-order chi connectivity index (χ1) is 8.09. The van der Waals surface area contributed by atoms with E-state index in [0.29, 0.717) is 0 Å².